The molecular weight excluding hydrogens is 262 g/mol. The second-order valence-corrected chi connectivity index (χ2v) is 6.83. The summed E-state index contributed by atoms with van der Waals surface area (Å²) in [7, 11) is 0. The number of nitrogens with one attached hydrogen (secondary N) is 1. The maximum atomic E-state index is 6.30. The number of anilines is 1. The summed E-state index contributed by atoms with van der Waals surface area (Å²) < 4.78 is 12.3. The van der Waals surface area contributed by atoms with Crippen LogP contribution in [-0.2, 0) is 11.2 Å². The number of benzene rings is 1. The summed E-state index contributed by atoms with van der Waals surface area (Å²) in [6.45, 7) is 1.77. The van der Waals surface area contributed by atoms with Crippen molar-refractivity contribution in [1.29, 1.82) is 0 Å². The maximum absolute atomic E-state index is 6.30. The Kier molecular flexibility index (Phi) is 3.54. The number of ether oxygens (including phenoxy) is 2. The van der Waals surface area contributed by atoms with Crippen molar-refractivity contribution in [1.82, 2.24) is 0 Å². The van der Waals surface area contributed by atoms with Gasteiger partial charge in [-0.25, -0.2) is 0 Å². The topological polar surface area (TPSA) is 30.5 Å². The number of rotatable bonds is 3. The molecule has 2 aliphatic heterocycles. The molecule has 3 heteroatoms. The average Bonchev–Trinajstić information content (AvgIpc) is 3.15. The van der Waals surface area contributed by atoms with E-state index in [1.165, 1.54) is 56.2 Å². The highest BCUT2D eigenvalue weighted by molar-refractivity contribution is 5.56. The predicted molar refractivity (Wildman–Crippen MR) is 84.1 cm³/mol. The van der Waals surface area contributed by atoms with E-state index in [4.69, 9.17) is 9.47 Å². The summed E-state index contributed by atoms with van der Waals surface area (Å²) in [5, 5.41) is 3.46. The zero-order valence-electron chi connectivity index (χ0n) is 12.7. The van der Waals surface area contributed by atoms with Gasteiger partial charge in [0, 0.05) is 18.3 Å². The first-order chi connectivity index (χ1) is 10.3. The van der Waals surface area contributed by atoms with Crippen molar-refractivity contribution in [2.45, 2.75) is 63.1 Å². The van der Waals surface area contributed by atoms with Gasteiger partial charge in [0.2, 0.25) is 0 Å². The minimum atomic E-state index is 0.214. The summed E-state index contributed by atoms with van der Waals surface area (Å²) in [6, 6.07) is 6.45. The van der Waals surface area contributed by atoms with Crippen molar-refractivity contribution in [2.24, 2.45) is 0 Å². The Morgan fingerprint density at radius 3 is 3.00 bits per heavy atom. The van der Waals surface area contributed by atoms with Gasteiger partial charge in [0.05, 0.1) is 11.7 Å². The smallest absolute Gasteiger partial charge is 0.121 e. The standard InChI is InChI=1S/C18H25NO2/c1-2-9-18(8-1)10-7-16(21-18)13-20-15-6-5-14-4-3-11-19-17(14)12-15/h5-6,12,16,19H,1-4,7-11,13H2. The lowest BCUT2D eigenvalue weighted by Gasteiger charge is -2.24. The SMILES string of the molecule is c1cc2c(cc1OCC1CCC3(CCCC3)O1)NCCC2. The number of hydrogen-bond donors (Lipinski definition) is 1. The number of hydrogen-bond acceptors (Lipinski definition) is 3. The molecule has 0 amide bonds. The van der Waals surface area contributed by atoms with E-state index in [0.29, 0.717) is 6.61 Å². The van der Waals surface area contributed by atoms with E-state index in [1.807, 2.05) is 0 Å². The molecule has 1 saturated heterocycles. The van der Waals surface area contributed by atoms with Crippen LogP contribution < -0.4 is 10.1 Å². The highest BCUT2D eigenvalue weighted by Gasteiger charge is 2.42. The molecular formula is C18H25NO2. The molecule has 1 aliphatic carbocycles. The third-order valence-electron chi connectivity index (χ3n) is 5.31. The second-order valence-electron chi connectivity index (χ2n) is 6.83. The van der Waals surface area contributed by atoms with Crippen LogP contribution in [0.15, 0.2) is 18.2 Å². The van der Waals surface area contributed by atoms with Crippen molar-refractivity contribution in [3.05, 3.63) is 23.8 Å². The molecule has 2 heterocycles. The number of aryl methyl sites for hydroxylation is 1. The Bertz CT molecular complexity index is 508. The monoisotopic (exact) mass is 287 g/mol. The predicted octanol–water partition coefficient (Wildman–Crippen LogP) is 3.92. The van der Waals surface area contributed by atoms with Crippen molar-refractivity contribution < 1.29 is 9.47 Å². The molecule has 114 valence electrons. The summed E-state index contributed by atoms with van der Waals surface area (Å²) >= 11 is 0. The maximum Gasteiger partial charge on any atom is 0.121 e. The van der Waals surface area contributed by atoms with Gasteiger partial charge in [-0.1, -0.05) is 18.9 Å². The first-order valence-corrected chi connectivity index (χ1v) is 8.50. The van der Waals surface area contributed by atoms with E-state index in [9.17, 15) is 0 Å². The second kappa shape index (κ2) is 5.53. The van der Waals surface area contributed by atoms with E-state index in [-0.39, 0.29) is 11.7 Å². The minimum absolute atomic E-state index is 0.214. The first-order valence-electron chi connectivity index (χ1n) is 8.50. The summed E-state index contributed by atoms with van der Waals surface area (Å²) in [6.07, 6.45) is 10.3. The van der Waals surface area contributed by atoms with Crippen molar-refractivity contribution >= 4 is 5.69 Å². The van der Waals surface area contributed by atoms with Crippen molar-refractivity contribution in [3.63, 3.8) is 0 Å². The molecule has 0 aromatic heterocycles. The summed E-state index contributed by atoms with van der Waals surface area (Å²) in [5.74, 6) is 0.971. The fourth-order valence-electron chi connectivity index (χ4n) is 4.12. The lowest BCUT2D eigenvalue weighted by atomic mass is 9.98. The Hall–Kier alpha value is -1.22. The molecule has 1 atom stereocenters. The number of fused-ring (bicyclic) bond motifs is 1. The van der Waals surface area contributed by atoms with Crippen LogP contribution >= 0.6 is 0 Å². The van der Waals surface area contributed by atoms with Gasteiger partial charge >= 0.3 is 0 Å². The molecule has 1 unspecified atom stereocenters. The Morgan fingerprint density at radius 2 is 2.10 bits per heavy atom. The van der Waals surface area contributed by atoms with Gasteiger partial charge in [-0.15, -0.1) is 0 Å². The highest BCUT2D eigenvalue weighted by Crippen LogP contribution is 2.43. The lowest BCUT2D eigenvalue weighted by molar-refractivity contribution is -0.0508. The van der Waals surface area contributed by atoms with Crippen molar-refractivity contribution in [2.75, 3.05) is 18.5 Å². The molecule has 3 nitrogen and oxygen atoms in total. The van der Waals surface area contributed by atoms with Crippen molar-refractivity contribution in [3.8, 4) is 5.75 Å². The van der Waals surface area contributed by atoms with E-state index in [1.54, 1.807) is 0 Å². The molecule has 1 N–H and O–H groups in total. The molecule has 0 radical (unpaired) electrons. The first kappa shape index (κ1) is 13.4. The summed E-state index contributed by atoms with van der Waals surface area (Å²) in [5.41, 5.74) is 2.87. The molecule has 4 rings (SSSR count). The molecule has 1 saturated carbocycles. The van der Waals surface area contributed by atoms with Crippen LogP contribution in [0.3, 0.4) is 0 Å². The molecule has 21 heavy (non-hydrogen) atoms. The van der Waals surface area contributed by atoms with Gasteiger partial charge in [-0.3, -0.25) is 0 Å². The average molecular weight is 287 g/mol. The Morgan fingerprint density at radius 1 is 1.19 bits per heavy atom. The van der Waals surface area contributed by atoms with E-state index in [0.717, 1.165) is 18.7 Å². The van der Waals surface area contributed by atoms with Gasteiger partial charge < -0.3 is 14.8 Å². The van der Waals surface area contributed by atoms with Gasteiger partial charge in [-0.05, 0) is 50.2 Å². The largest absolute Gasteiger partial charge is 0.491 e. The van der Waals surface area contributed by atoms with Crippen LogP contribution in [-0.4, -0.2) is 24.9 Å². The van der Waals surface area contributed by atoms with Crippen LogP contribution in [0.4, 0.5) is 5.69 Å². The van der Waals surface area contributed by atoms with Gasteiger partial charge in [-0.2, -0.15) is 0 Å². The van der Waals surface area contributed by atoms with Gasteiger partial charge in [0.25, 0.3) is 0 Å². The Labute approximate surface area is 127 Å². The lowest BCUT2D eigenvalue weighted by Crippen LogP contribution is -2.27. The normalized spacial score (nSPS) is 26.6. The van der Waals surface area contributed by atoms with E-state index in [2.05, 4.69) is 23.5 Å². The molecule has 1 aromatic rings. The molecule has 1 spiro atoms. The molecule has 3 aliphatic rings. The van der Waals surface area contributed by atoms with E-state index < -0.39 is 0 Å². The molecule has 1 aromatic carbocycles. The van der Waals surface area contributed by atoms with E-state index >= 15 is 0 Å². The Balaban J connectivity index is 1.35. The van der Waals surface area contributed by atoms with Gasteiger partial charge in [0.1, 0.15) is 12.4 Å². The van der Waals surface area contributed by atoms with Crippen LogP contribution in [0.1, 0.15) is 50.5 Å². The quantitative estimate of drug-likeness (QED) is 0.914. The summed E-state index contributed by atoms with van der Waals surface area (Å²) in [4.78, 5) is 0. The minimum Gasteiger partial charge on any atom is -0.491 e. The fraction of sp³-hybridized carbons (Fsp3) is 0.667. The van der Waals surface area contributed by atoms with Crippen LogP contribution in [0.5, 0.6) is 5.75 Å². The zero-order chi connectivity index (χ0) is 14.1. The molecule has 0 bridgehead atoms. The fourth-order valence-corrected chi connectivity index (χ4v) is 4.12. The van der Waals surface area contributed by atoms with Crippen LogP contribution in [0.2, 0.25) is 0 Å². The molecule has 2 fully saturated rings. The van der Waals surface area contributed by atoms with Crippen LogP contribution in [0, 0.1) is 0 Å². The van der Waals surface area contributed by atoms with Gasteiger partial charge in [0.15, 0.2) is 0 Å². The highest BCUT2D eigenvalue weighted by atomic mass is 16.6. The third-order valence-corrected chi connectivity index (χ3v) is 5.31. The third kappa shape index (κ3) is 2.76. The zero-order valence-corrected chi connectivity index (χ0v) is 12.7. The van der Waals surface area contributed by atoms with Crippen LogP contribution in [0.25, 0.3) is 0 Å².